The Bertz CT molecular complexity index is 1260. The number of para-hydroxylation sites is 1. The van der Waals surface area contributed by atoms with Crippen molar-refractivity contribution >= 4 is 22.7 Å². The first-order valence-corrected chi connectivity index (χ1v) is 9.45. The molecule has 32 heavy (non-hydrogen) atoms. The van der Waals surface area contributed by atoms with Crippen LogP contribution in [0.2, 0.25) is 0 Å². The van der Waals surface area contributed by atoms with Gasteiger partial charge in [-0.3, -0.25) is 23.9 Å². The number of amides is 2. The molecule has 0 atom stereocenters. The number of benzene rings is 2. The highest BCUT2D eigenvalue weighted by Gasteiger charge is 2.27. The summed E-state index contributed by atoms with van der Waals surface area (Å²) in [4.78, 5) is 52.1. The number of carbonyl (C=O) groups excluding carboxylic acids is 2. The fourth-order valence-corrected chi connectivity index (χ4v) is 3.06. The number of alkyl halides is 3. The van der Waals surface area contributed by atoms with E-state index in [1.807, 2.05) is 0 Å². The quantitative estimate of drug-likeness (QED) is 0.598. The van der Waals surface area contributed by atoms with Crippen molar-refractivity contribution in [2.75, 3.05) is 13.6 Å². The zero-order valence-corrected chi connectivity index (χ0v) is 16.9. The third kappa shape index (κ3) is 5.42. The maximum Gasteiger partial charge on any atom is 0.405 e. The monoisotopic (exact) mass is 448 g/mol. The highest BCUT2D eigenvalue weighted by atomic mass is 19.4. The molecule has 0 spiro atoms. The number of halogens is 3. The lowest BCUT2D eigenvalue weighted by molar-refractivity contribution is -0.131. The van der Waals surface area contributed by atoms with Crippen LogP contribution in [0, 0.1) is 0 Å². The number of carbonyl (C=O) groups is 2. The summed E-state index contributed by atoms with van der Waals surface area (Å²) in [6, 6.07) is 12.2. The average Bonchev–Trinajstić information content (AvgIpc) is 2.74. The van der Waals surface area contributed by atoms with Crippen LogP contribution in [-0.2, 0) is 17.9 Å². The molecule has 0 bridgehead atoms. The van der Waals surface area contributed by atoms with Gasteiger partial charge in [0.1, 0.15) is 13.1 Å². The number of rotatable bonds is 6. The second kappa shape index (κ2) is 9.08. The summed E-state index contributed by atoms with van der Waals surface area (Å²) in [6.45, 7) is -1.59. The number of H-pyrrole nitrogens is 1. The normalized spacial score (nSPS) is 11.4. The Morgan fingerprint density at radius 3 is 2.38 bits per heavy atom. The van der Waals surface area contributed by atoms with Crippen molar-refractivity contribution in [3.05, 3.63) is 80.5 Å². The first-order valence-electron chi connectivity index (χ1n) is 9.45. The predicted octanol–water partition coefficient (Wildman–Crippen LogP) is 1.64. The summed E-state index contributed by atoms with van der Waals surface area (Å²) in [5, 5.41) is 2.06. The van der Waals surface area contributed by atoms with Gasteiger partial charge in [0.25, 0.3) is 11.5 Å². The molecule has 0 radical (unpaired) electrons. The molecule has 11 heteroatoms. The molecule has 0 unspecified atom stereocenters. The highest BCUT2D eigenvalue weighted by Crippen LogP contribution is 2.13. The second-order valence-corrected chi connectivity index (χ2v) is 7.11. The predicted molar refractivity (Wildman–Crippen MR) is 110 cm³/mol. The van der Waals surface area contributed by atoms with Crippen molar-refractivity contribution in [2.24, 2.45) is 0 Å². The Labute approximate surface area is 179 Å². The molecule has 1 aromatic heterocycles. The summed E-state index contributed by atoms with van der Waals surface area (Å²) < 4.78 is 37.8. The van der Waals surface area contributed by atoms with E-state index in [0.29, 0.717) is 11.1 Å². The van der Waals surface area contributed by atoms with E-state index < -0.39 is 35.8 Å². The molecule has 0 fully saturated rings. The van der Waals surface area contributed by atoms with Crippen LogP contribution < -0.4 is 16.6 Å². The van der Waals surface area contributed by atoms with E-state index in [2.05, 4.69) is 4.98 Å². The molecule has 2 amide bonds. The molecule has 1 heterocycles. The Hall–Kier alpha value is -3.89. The summed E-state index contributed by atoms with van der Waals surface area (Å²) in [6.07, 6.45) is -4.50. The lowest BCUT2D eigenvalue weighted by Gasteiger charge is -2.19. The van der Waals surface area contributed by atoms with E-state index >= 15 is 0 Å². The molecule has 8 nitrogen and oxygen atoms in total. The second-order valence-electron chi connectivity index (χ2n) is 7.11. The van der Waals surface area contributed by atoms with E-state index in [-0.39, 0.29) is 24.0 Å². The number of hydrogen-bond donors (Lipinski definition) is 2. The summed E-state index contributed by atoms with van der Waals surface area (Å²) in [7, 11) is 1.52. The van der Waals surface area contributed by atoms with Gasteiger partial charge in [0, 0.05) is 19.2 Å². The third-order valence-corrected chi connectivity index (χ3v) is 4.71. The molecule has 0 saturated carbocycles. The summed E-state index contributed by atoms with van der Waals surface area (Å²) in [5.41, 5.74) is -0.228. The van der Waals surface area contributed by atoms with Crippen molar-refractivity contribution in [1.82, 2.24) is 19.8 Å². The van der Waals surface area contributed by atoms with E-state index in [0.717, 1.165) is 0 Å². The maximum atomic E-state index is 12.7. The Morgan fingerprint density at radius 2 is 1.72 bits per heavy atom. The van der Waals surface area contributed by atoms with Gasteiger partial charge in [-0.1, -0.05) is 24.3 Å². The minimum absolute atomic E-state index is 0.0539. The molecule has 3 aromatic rings. The topological polar surface area (TPSA) is 104 Å². The Morgan fingerprint density at radius 1 is 1.06 bits per heavy atom. The average molecular weight is 448 g/mol. The summed E-state index contributed by atoms with van der Waals surface area (Å²) >= 11 is 0. The minimum Gasteiger partial charge on any atom is -0.343 e. The third-order valence-electron chi connectivity index (χ3n) is 4.71. The molecule has 2 N–H and O–H groups in total. The van der Waals surface area contributed by atoms with Crippen LogP contribution in [0.25, 0.3) is 10.9 Å². The van der Waals surface area contributed by atoms with Gasteiger partial charge in [-0.15, -0.1) is 0 Å². The summed E-state index contributed by atoms with van der Waals surface area (Å²) in [5.74, 6) is -1.26. The molecule has 168 valence electrons. The molecular weight excluding hydrogens is 429 g/mol. The first kappa shape index (κ1) is 22.8. The van der Waals surface area contributed by atoms with Gasteiger partial charge >= 0.3 is 11.9 Å². The lowest BCUT2D eigenvalue weighted by Crippen LogP contribution is -2.37. The number of hydrogen-bond acceptors (Lipinski definition) is 4. The first-order chi connectivity index (χ1) is 15.0. The minimum atomic E-state index is -4.50. The van der Waals surface area contributed by atoms with Crippen LogP contribution in [0.4, 0.5) is 13.2 Å². The highest BCUT2D eigenvalue weighted by molar-refractivity contribution is 5.94. The maximum absolute atomic E-state index is 12.7. The van der Waals surface area contributed by atoms with Crippen LogP contribution in [0.5, 0.6) is 0 Å². The van der Waals surface area contributed by atoms with Gasteiger partial charge in [0.2, 0.25) is 5.91 Å². The molecule has 3 rings (SSSR count). The van der Waals surface area contributed by atoms with Crippen molar-refractivity contribution in [3.63, 3.8) is 0 Å². The van der Waals surface area contributed by atoms with Gasteiger partial charge in [0.05, 0.1) is 10.9 Å². The van der Waals surface area contributed by atoms with Gasteiger partial charge < -0.3 is 10.2 Å². The molecule has 0 aliphatic rings. The van der Waals surface area contributed by atoms with Crippen molar-refractivity contribution in [3.8, 4) is 0 Å². The van der Waals surface area contributed by atoms with E-state index in [4.69, 9.17) is 0 Å². The number of fused-ring (bicyclic) bond motifs is 1. The van der Waals surface area contributed by atoms with E-state index in [1.54, 1.807) is 29.6 Å². The number of aromatic nitrogens is 2. The van der Waals surface area contributed by atoms with Gasteiger partial charge in [-0.2, -0.15) is 13.2 Å². The van der Waals surface area contributed by atoms with Crippen LogP contribution in [-0.4, -0.2) is 46.0 Å². The van der Waals surface area contributed by atoms with Crippen molar-refractivity contribution in [1.29, 1.82) is 0 Å². The smallest absolute Gasteiger partial charge is 0.343 e. The van der Waals surface area contributed by atoms with Gasteiger partial charge in [0.15, 0.2) is 0 Å². The molecule has 0 saturated heterocycles. The molecule has 2 aromatic carbocycles. The van der Waals surface area contributed by atoms with Crippen LogP contribution in [0.1, 0.15) is 15.9 Å². The van der Waals surface area contributed by atoms with E-state index in [1.165, 1.54) is 40.8 Å². The fourth-order valence-electron chi connectivity index (χ4n) is 3.06. The largest absolute Gasteiger partial charge is 0.405 e. The fraction of sp³-hybridized carbons (Fsp3) is 0.238. The van der Waals surface area contributed by atoms with Crippen LogP contribution in [0.3, 0.4) is 0 Å². The molecular formula is C21H19F3N4O4. The van der Waals surface area contributed by atoms with Crippen molar-refractivity contribution in [2.45, 2.75) is 19.3 Å². The number of likely N-dealkylation sites (N-methyl/N-ethyl adjacent to an activating group) is 1. The van der Waals surface area contributed by atoms with E-state index in [9.17, 15) is 32.3 Å². The Balaban J connectivity index is 1.68. The van der Waals surface area contributed by atoms with Gasteiger partial charge in [-0.25, -0.2) is 4.79 Å². The Kier molecular flexibility index (Phi) is 6.47. The van der Waals surface area contributed by atoms with Crippen LogP contribution in [0.15, 0.2) is 58.1 Å². The SMILES string of the molecule is CN(Cc1ccc(C(=O)NCC(F)(F)F)cc1)C(=O)Cn1c(=O)[nH]c(=O)c2ccccc21. The molecule has 0 aliphatic heterocycles. The number of nitrogens with zero attached hydrogens (tertiary/aromatic N) is 2. The number of nitrogens with one attached hydrogen (secondary N) is 2. The molecule has 0 aliphatic carbocycles. The van der Waals surface area contributed by atoms with Crippen molar-refractivity contribution < 1.29 is 22.8 Å². The van der Waals surface area contributed by atoms with Gasteiger partial charge in [-0.05, 0) is 29.8 Å². The standard InChI is InChI=1S/C21H19F3N4O4/c1-27(10-13-6-8-14(9-7-13)18(30)25-12-21(22,23)24)17(29)11-28-16-5-3-2-4-15(16)19(31)26-20(28)32/h2-9H,10-12H2,1H3,(H,25,30)(H,26,31,32). The van der Waals surface area contributed by atoms with Crippen LogP contribution >= 0.6 is 0 Å². The zero-order chi connectivity index (χ0) is 23.5. The number of aromatic amines is 1. The zero-order valence-electron chi connectivity index (χ0n) is 16.9. The lowest BCUT2D eigenvalue weighted by atomic mass is 10.1.